The summed E-state index contributed by atoms with van der Waals surface area (Å²) in [7, 11) is 0. The summed E-state index contributed by atoms with van der Waals surface area (Å²) in [5.74, 6) is 2.11. The van der Waals surface area contributed by atoms with Crippen LogP contribution in [0.5, 0.6) is 0 Å². The average molecular weight is 167 g/mol. The van der Waals surface area contributed by atoms with Crippen molar-refractivity contribution in [2.24, 2.45) is 5.92 Å². The molecule has 1 heterocycles. The van der Waals surface area contributed by atoms with Crippen LogP contribution in [0.2, 0.25) is 0 Å². The van der Waals surface area contributed by atoms with Gasteiger partial charge in [0.25, 0.3) is 0 Å². The van der Waals surface area contributed by atoms with Crippen molar-refractivity contribution in [2.45, 2.75) is 32.8 Å². The average Bonchev–Trinajstić information content (AvgIpc) is 2.00. The highest BCUT2D eigenvalue weighted by Crippen LogP contribution is 2.39. The Morgan fingerprint density at radius 2 is 2.33 bits per heavy atom. The number of hydrogen-bond acceptors (Lipinski definition) is 2. The van der Waals surface area contributed by atoms with Crippen LogP contribution >= 0.6 is 0 Å². The minimum atomic E-state index is 0.343. The molecule has 2 nitrogen and oxygen atoms in total. The molecule has 0 bridgehead atoms. The summed E-state index contributed by atoms with van der Waals surface area (Å²) in [5, 5.41) is 3.38. The maximum absolute atomic E-state index is 5.70. The zero-order chi connectivity index (χ0) is 8.55. The van der Waals surface area contributed by atoms with Gasteiger partial charge in [-0.05, 0) is 38.3 Å². The molecule has 1 fully saturated rings. The molecule has 1 unspecified atom stereocenters. The number of nitrogens with one attached hydrogen (secondary N) is 1. The maximum atomic E-state index is 5.70. The van der Waals surface area contributed by atoms with Gasteiger partial charge in [-0.3, -0.25) is 0 Å². The zero-order valence-corrected chi connectivity index (χ0v) is 7.89. The number of allylic oxidation sites excluding steroid dienone is 1. The third-order valence-corrected chi connectivity index (χ3v) is 2.65. The Morgan fingerprint density at radius 3 is 3.00 bits per heavy atom. The van der Waals surface area contributed by atoms with E-state index in [0.29, 0.717) is 6.10 Å². The molecule has 1 N–H and O–H groups in total. The maximum Gasteiger partial charge on any atom is 0.0977 e. The van der Waals surface area contributed by atoms with Crippen LogP contribution in [0.1, 0.15) is 26.7 Å². The smallest absolute Gasteiger partial charge is 0.0977 e. The summed E-state index contributed by atoms with van der Waals surface area (Å²) in [6.45, 7) is 6.43. The monoisotopic (exact) mass is 167 g/mol. The first-order valence-corrected chi connectivity index (χ1v) is 4.86. The molecule has 2 heteroatoms. The van der Waals surface area contributed by atoms with Crippen LogP contribution in [0.4, 0.5) is 0 Å². The van der Waals surface area contributed by atoms with Crippen molar-refractivity contribution in [3.05, 3.63) is 11.3 Å². The Bertz CT molecular complexity index is 208. The van der Waals surface area contributed by atoms with E-state index < -0.39 is 0 Å². The van der Waals surface area contributed by atoms with E-state index in [9.17, 15) is 0 Å². The first-order valence-electron chi connectivity index (χ1n) is 4.86. The second kappa shape index (κ2) is 3.09. The predicted molar refractivity (Wildman–Crippen MR) is 48.8 cm³/mol. The Hall–Kier alpha value is -0.500. The fraction of sp³-hybridized carbons (Fsp3) is 0.800. The van der Waals surface area contributed by atoms with Gasteiger partial charge in [-0.1, -0.05) is 0 Å². The highest BCUT2D eigenvalue weighted by Gasteiger charge is 2.32. The van der Waals surface area contributed by atoms with Gasteiger partial charge in [-0.25, -0.2) is 0 Å². The molecule has 0 aromatic carbocycles. The van der Waals surface area contributed by atoms with Gasteiger partial charge in [-0.2, -0.15) is 0 Å². The largest absolute Gasteiger partial charge is 0.495 e. The summed E-state index contributed by atoms with van der Waals surface area (Å²) in [6, 6.07) is 0. The molecular weight excluding hydrogens is 150 g/mol. The molecule has 2 aliphatic rings. The molecule has 1 aliphatic heterocycles. The van der Waals surface area contributed by atoms with Crippen LogP contribution in [0.15, 0.2) is 11.3 Å². The SMILES string of the molecule is CC(C)OC1=C2CNCCC2C1. The molecule has 1 atom stereocenters. The number of fused-ring (bicyclic) bond motifs is 1. The van der Waals surface area contributed by atoms with Crippen molar-refractivity contribution in [1.82, 2.24) is 5.32 Å². The van der Waals surface area contributed by atoms with Crippen LogP contribution in [-0.2, 0) is 4.74 Å². The summed E-state index contributed by atoms with van der Waals surface area (Å²) < 4.78 is 5.70. The number of rotatable bonds is 2. The lowest BCUT2D eigenvalue weighted by Gasteiger charge is -2.37. The summed E-state index contributed by atoms with van der Waals surface area (Å²) in [5.41, 5.74) is 1.54. The quantitative estimate of drug-likeness (QED) is 0.675. The minimum Gasteiger partial charge on any atom is -0.495 e. The highest BCUT2D eigenvalue weighted by atomic mass is 16.5. The molecule has 0 aromatic heterocycles. The fourth-order valence-corrected chi connectivity index (χ4v) is 2.00. The van der Waals surface area contributed by atoms with E-state index in [4.69, 9.17) is 4.74 Å². The number of piperidine rings is 1. The van der Waals surface area contributed by atoms with Crippen LogP contribution in [0.25, 0.3) is 0 Å². The van der Waals surface area contributed by atoms with Crippen molar-refractivity contribution < 1.29 is 4.74 Å². The van der Waals surface area contributed by atoms with Crippen LogP contribution < -0.4 is 5.32 Å². The van der Waals surface area contributed by atoms with E-state index in [1.165, 1.54) is 30.7 Å². The van der Waals surface area contributed by atoms with Crippen LogP contribution in [0, 0.1) is 5.92 Å². The minimum absolute atomic E-state index is 0.343. The Balaban J connectivity index is 1.99. The molecule has 0 aromatic rings. The number of hydrogen-bond donors (Lipinski definition) is 1. The van der Waals surface area contributed by atoms with E-state index >= 15 is 0 Å². The van der Waals surface area contributed by atoms with Crippen molar-refractivity contribution >= 4 is 0 Å². The first kappa shape index (κ1) is 8.11. The molecule has 68 valence electrons. The molecular formula is C10H17NO. The van der Waals surface area contributed by atoms with Gasteiger partial charge in [-0.15, -0.1) is 0 Å². The molecule has 0 saturated carbocycles. The standard InChI is InChI=1S/C10H17NO/c1-7(2)12-10-5-8-3-4-11-6-9(8)10/h7-8,11H,3-6H2,1-2H3. The second-order valence-corrected chi connectivity index (χ2v) is 3.98. The van der Waals surface area contributed by atoms with E-state index in [0.717, 1.165) is 12.5 Å². The fourth-order valence-electron chi connectivity index (χ4n) is 2.00. The van der Waals surface area contributed by atoms with Crippen LogP contribution in [0.3, 0.4) is 0 Å². The van der Waals surface area contributed by atoms with Crippen molar-refractivity contribution in [1.29, 1.82) is 0 Å². The third-order valence-electron chi connectivity index (χ3n) is 2.65. The topological polar surface area (TPSA) is 21.3 Å². The van der Waals surface area contributed by atoms with Crippen molar-refractivity contribution in [2.75, 3.05) is 13.1 Å². The van der Waals surface area contributed by atoms with Gasteiger partial charge >= 0.3 is 0 Å². The lowest BCUT2D eigenvalue weighted by molar-refractivity contribution is 0.106. The van der Waals surface area contributed by atoms with E-state index in [1.807, 2.05) is 0 Å². The number of ether oxygens (including phenoxy) is 1. The van der Waals surface area contributed by atoms with Crippen molar-refractivity contribution in [3.63, 3.8) is 0 Å². The van der Waals surface area contributed by atoms with Gasteiger partial charge in [0.1, 0.15) is 0 Å². The van der Waals surface area contributed by atoms with E-state index in [1.54, 1.807) is 0 Å². The van der Waals surface area contributed by atoms with E-state index in [2.05, 4.69) is 19.2 Å². The molecule has 0 amide bonds. The molecule has 1 aliphatic carbocycles. The van der Waals surface area contributed by atoms with Gasteiger partial charge in [0.15, 0.2) is 0 Å². The lowest BCUT2D eigenvalue weighted by atomic mass is 9.78. The third kappa shape index (κ3) is 1.36. The molecule has 0 radical (unpaired) electrons. The van der Waals surface area contributed by atoms with Crippen LogP contribution in [-0.4, -0.2) is 19.2 Å². The van der Waals surface area contributed by atoms with Gasteiger partial charge in [0.2, 0.25) is 0 Å². The van der Waals surface area contributed by atoms with Gasteiger partial charge in [0, 0.05) is 13.0 Å². The van der Waals surface area contributed by atoms with E-state index in [-0.39, 0.29) is 0 Å². The highest BCUT2D eigenvalue weighted by molar-refractivity contribution is 5.27. The Kier molecular flexibility index (Phi) is 2.09. The van der Waals surface area contributed by atoms with Gasteiger partial charge < -0.3 is 10.1 Å². The lowest BCUT2D eigenvalue weighted by Crippen LogP contribution is -2.37. The Labute approximate surface area is 74.0 Å². The van der Waals surface area contributed by atoms with Crippen molar-refractivity contribution in [3.8, 4) is 0 Å². The Morgan fingerprint density at radius 1 is 1.50 bits per heavy atom. The van der Waals surface area contributed by atoms with Gasteiger partial charge in [0.05, 0.1) is 11.9 Å². The molecule has 12 heavy (non-hydrogen) atoms. The molecule has 0 spiro atoms. The zero-order valence-electron chi connectivity index (χ0n) is 7.89. The normalized spacial score (nSPS) is 28.4. The predicted octanol–water partition coefficient (Wildman–Crippen LogP) is 1.68. The molecule has 2 rings (SSSR count). The second-order valence-electron chi connectivity index (χ2n) is 3.98. The summed E-state index contributed by atoms with van der Waals surface area (Å²) >= 11 is 0. The molecule has 1 saturated heterocycles. The first-order chi connectivity index (χ1) is 5.77. The summed E-state index contributed by atoms with van der Waals surface area (Å²) in [6.07, 6.45) is 2.84. The summed E-state index contributed by atoms with van der Waals surface area (Å²) in [4.78, 5) is 0.